The summed E-state index contributed by atoms with van der Waals surface area (Å²) < 4.78 is 10.8. The van der Waals surface area contributed by atoms with Crippen LogP contribution in [0.1, 0.15) is 36.2 Å². The zero-order chi connectivity index (χ0) is 18.8. The van der Waals surface area contributed by atoms with E-state index in [1.54, 1.807) is 30.3 Å². The molecule has 0 aromatic heterocycles. The van der Waals surface area contributed by atoms with Crippen LogP contribution >= 0.6 is 0 Å². The minimum absolute atomic E-state index is 0.0956. The molecule has 2 unspecified atom stereocenters. The first kappa shape index (κ1) is 19.4. The summed E-state index contributed by atoms with van der Waals surface area (Å²) in [6.07, 6.45) is 3.45. The first-order valence-electron chi connectivity index (χ1n) is 8.76. The molecule has 0 aliphatic rings. The van der Waals surface area contributed by atoms with Crippen LogP contribution in [0.2, 0.25) is 0 Å². The van der Waals surface area contributed by atoms with Gasteiger partial charge in [-0.1, -0.05) is 62.4 Å². The standard InChI is InChI=1S/C22H24O4/c1-3-20(26-22(24)19-12-8-5-9-13-19)17(2)16-25-21(23)15-14-18-10-6-4-7-11-18/h4-15,17,20H,3,16H2,1-2H3. The van der Waals surface area contributed by atoms with Crippen molar-refractivity contribution in [2.24, 2.45) is 5.92 Å². The van der Waals surface area contributed by atoms with Gasteiger partial charge in [0.05, 0.1) is 12.2 Å². The van der Waals surface area contributed by atoms with Gasteiger partial charge in [0.2, 0.25) is 0 Å². The van der Waals surface area contributed by atoms with E-state index in [4.69, 9.17) is 9.47 Å². The Balaban J connectivity index is 1.82. The largest absolute Gasteiger partial charge is 0.462 e. The van der Waals surface area contributed by atoms with Gasteiger partial charge in [-0.3, -0.25) is 0 Å². The molecule has 2 aromatic carbocycles. The number of hydrogen-bond donors (Lipinski definition) is 0. The van der Waals surface area contributed by atoms with E-state index in [0.29, 0.717) is 12.0 Å². The Morgan fingerprint density at radius 1 is 1.00 bits per heavy atom. The molecule has 4 nitrogen and oxygen atoms in total. The molecule has 0 saturated carbocycles. The van der Waals surface area contributed by atoms with Crippen molar-refractivity contribution >= 4 is 18.0 Å². The fourth-order valence-electron chi connectivity index (χ4n) is 2.48. The SMILES string of the molecule is CCC(OC(=O)c1ccccc1)C(C)COC(=O)C=Cc1ccccc1. The van der Waals surface area contributed by atoms with Gasteiger partial charge in [0.1, 0.15) is 6.10 Å². The fraction of sp³-hybridized carbons (Fsp3) is 0.273. The van der Waals surface area contributed by atoms with Crippen LogP contribution in [0.25, 0.3) is 6.08 Å². The molecular formula is C22H24O4. The number of benzene rings is 2. The molecule has 0 spiro atoms. The normalized spacial score (nSPS) is 13.2. The van der Waals surface area contributed by atoms with E-state index in [1.165, 1.54) is 6.08 Å². The summed E-state index contributed by atoms with van der Waals surface area (Å²) in [4.78, 5) is 24.0. The summed E-state index contributed by atoms with van der Waals surface area (Å²) in [6.45, 7) is 4.04. The smallest absolute Gasteiger partial charge is 0.338 e. The van der Waals surface area contributed by atoms with Gasteiger partial charge < -0.3 is 9.47 Å². The molecular weight excluding hydrogens is 328 g/mol. The molecule has 2 aromatic rings. The second kappa shape index (κ2) is 10.2. The van der Waals surface area contributed by atoms with Crippen LogP contribution in [-0.4, -0.2) is 24.6 Å². The lowest BCUT2D eigenvalue weighted by Gasteiger charge is -2.22. The predicted octanol–water partition coefficient (Wildman–Crippen LogP) is 4.51. The predicted molar refractivity (Wildman–Crippen MR) is 102 cm³/mol. The van der Waals surface area contributed by atoms with Crippen LogP contribution in [-0.2, 0) is 14.3 Å². The third kappa shape index (κ3) is 6.20. The zero-order valence-corrected chi connectivity index (χ0v) is 15.1. The van der Waals surface area contributed by atoms with Crippen molar-refractivity contribution in [3.63, 3.8) is 0 Å². The molecule has 0 saturated heterocycles. The van der Waals surface area contributed by atoms with Gasteiger partial charge in [-0.05, 0) is 30.2 Å². The lowest BCUT2D eigenvalue weighted by atomic mass is 10.0. The zero-order valence-electron chi connectivity index (χ0n) is 15.1. The average Bonchev–Trinajstić information content (AvgIpc) is 2.69. The van der Waals surface area contributed by atoms with Gasteiger partial charge in [0.25, 0.3) is 0 Å². The van der Waals surface area contributed by atoms with E-state index in [-0.39, 0.29) is 24.6 Å². The molecule has 0 bridgehead atoms. The Kier molecular flexibility index (Phi) is 7.62. The molecule has 0 heterocycles. The van der Waals surface area contributed by atoms with Crippen LogP contribution in [0.3, 0.4) is 0 Å². The lowest BCUT2D eigenvalue weighted by molar-refractivity contribution is -0.140. The molecule has 0 fully saturated rings. The molecule has 0 radical (unpaired) electrons. The number of rotatable bonds is 8. The Bertz CT molecular complexity index is 722. The molecule has 4 heteroatoms. The van der Waals surface area contributed by atoms with Crippen LogP contribution in [0.4, 0.5) is 0 Å². The third-order valence-corrected chi connectivity index (χ3v) is 4.00. The van der Waals surface area contributed by atoms with Crippen molar-refractivity contribution in [1.82, 2.24) is 0 Å². The van der Waals surface area contributed by atoms with Gasteiger partial charge in [-0.2, -0.15) is 0 Å². The highest BCUT2D eigenvalue weighted by Gasteiger charge is 2.21. The Labute approximate surface area is 154 Å². The van der Waals surface area contributed by atoms with E-state index in [9.17, 15) is 9.59 Å². The number of esters is 2. The van der Waals surface area contributed by atoms with E-state index in [2.05, 4.69) is 0 Å². The van der Waals surface area contributed by atoms with Crippen LogP contribution < -0.4 is 0 Å². The Morgan fingerprint density at radius 2 is 1.62 bits per heavy atom. The summed E-state index contributed by atoms with van der Waals surface area (Å²) in [5.41, 5.74) is 1.45. The average molecular weight is 352 g/mol. The van der Waals surface area contributed by atoms with Gasteiger partial charge in [0.15, 0.2) is 0 Å². The Hall–Kier alpha value is -2.88. The minimum Gasteiger partial charge on any atom is -0.462 e. The number of carbonyl (C=O) groups is 2. The van der Waals surface area contributed by atoms with E-state index in [1.807, 2.05) is 50.2 Å². The molecule has 136 valence electrons. The molecule has 2 atom stereocenters. The quantitative estimate of drug-likeness (QED) is 0.518. The van der Waals surface area contributed by atoms with Crippen molar-refractivity contribution in [2.45, 2.75) is 26.4 Å². The molecule has 0 N–H and O–H groups in total. The number of carbonyl (C=O) groups excluding carboxylic acids is 2. The summed E-state index contributed by atoms with van der Waals surface area (Å²) in [5, 5.41) is 0. The minimum atomic E-state index is -0.412. The Morgan fingerprint density at radius 3 is 2.23 bits per heavy atom. The van der Waals surface area contributed by atoms with Crippen LogP contribution in [0, 0.1) is 5.92 Å². The number of ether oxygens (including phenoxy) is 2. The van der Waals surface area contributed by atoms with Gasteiger partial charge in [-0.15, -0.1) is 0 Å². The van der Waals surface area contributed by atoms with E-state index < -0.39 is 5.97 Å². The highest BCUT2D eigenvalue weighted by atomic mass is 16.6. The topological polar surface area (TPSA) is 52.6 Å². The monoisotopic (exact) mass is 352 g/mol. The maximum absolute atomic E-state index is 12.2. The third-order valence-electron chi connectivity index (χ3n) is 4.00. The molecule has 0 aliphatic carbocycles. The molecule has 0 amide bonds. The van der Waals surface area contributed by atoms with Crippen molar-refractivity contribution in [2.75, 3.05) is 6.61 Å². The number of hydrogen-bond acceptors (Lipinski definition) is 4. The molecule has 26 heavy (non-hydrogen) atoms. The second-order valence-electron chi connectivity index (χ2n) is 6.07. The van der Waals surface area contributed by atoms with Crippen molar-refractivity contribution in [1.29, 1.82) is 0 Å². The van der Waals surface area contributed by atoms with Crippen molar-refractivity contribution in [3.8, 4) is 0 Å². The first-order valence-corrected chi connectivity index (χ1v) is 8.76. The fourth-order valence-corrected chi connectivity index (χ4v) is 2.48. The summed E-state index contributed by atoms with van der Waals surface area (Å²) >= 11 is 0. The lowest BCUT2D eigenvalue weighted by Crippen LogP contribution is -2.28. The summed E-state index contributed by atoms with van der Waals surface area (Å²) in [6, 6.07) is 18.4. The maximum atomic E-state index is 12.2. The first-order chi connectivity index (χ1) is 12.6. The molecule has 0 aliphatic heterocycles. The van der Waals surface area contributed by atoms with Crippen molar-refractivity contribution < 1.29 is 19.1 Å². The van der Waals surface area contributed by atoms with E-state index in [0.717, 1.165) is 5.56 Å². The summed E-state index contributed by atoms with van der Waals surface area (Å²) in [5.74, 6) is -0.869. The highest BCUT2D eigenvalue weighted by molar-refractivity contribution is 5.89. The van der Waals surface area contributed by atoms with Gasteiger partial charge >= 0.3 is 11.9 Å². The maximum Gasteiger partial charge on any atom is 0.338 e. The van der Waals surface area contributed by atoms with Crippen molar-refractivity contribution in [3.05, 3.63) is 77.9 Å². The van der Waals surface area contributed by atoms with E-state index >= 15 is 0 Å². The van der Waals surface area contributed by atoms with Gasteiger partial charge in [0, 0.05) is 12.0 Å². The molecule has 2 rings (SSSR count). The summed E-state index contributed by atoms with van der Waals surface area (Å²) in [7, 11) is 0. The highest BCUT2D eigenvalue weighted by Crippen LogP contribution is 2.15. The van der Waals surface area contributed by atoms with Gasteiger partial charge in [-0.25, -0.2) is 9.59 Å². The second-order valence-corrected chi connectivity index (χ2v) is 6.07. The van der Waals surface area contributed by atoms with Crippen LogP contribution in [0.5, 0.6) is 0 Å². The van der Waals surface area contributed by atoms with Crippen LogP contribution in [0.15, 0.2) is 66.7 Å².